The van der Waals surface area contributed by atoms with Crippen LogP contribution < -0.4 is 0 Å². The number of nitrogens with zero attached hydrogens (tertiary/aromatic N) is 1. The molecule has 2 atom stereocenters. The first-order chi connectivity index (χ1) is 8.29. The molecule has 0 N–H and O–H groups in total. The zero-order valence-electron chi connectivity index (χ0n) is 9.90. The SMILES string of the molecule is CC#CC(=O)N1CC[C@@H]2CC[C@@]21c1ccco1. The molecule has 1 saturated heterocycles. The topological polar surface area (TPSA) is 33.5 Å². The van der Waals surface area contributed by atoms with Crippen LogP contribution in [-0.2, 0) is 10.3 Å². The molecular weight excluding hydrogens is 214 g/mol. The van der Waals surface area contributed by atoms with Gasteiger partial charge in [0.25, 0.3) is 5.91 Å². The quantitative estimate of drug-likeness (QED) is 0.691. The molecule has 1 amide bonds. The summed E-state index contributed by atoms with van der Waals surface area (Å²) in [7, 11) is 0. The molecule has 1 aliphatic carbocycles. The molecule has 1 aliphatic heterocycles. The zero-order valence-corrected chi connectivity index (χ0v) is 9.90. The molecule has 3 rings (SSSR count). The fraction of sp³-hybridized carbons (Fsp3) is 0.500. The van der Waals surface area contributed by atoms with Crippen molar-refractivity contribution in [3.8, 4) is 11.8 Å². The Kier molecular flexibility index (Phi) is 2.25. The van der Waals surface area contributed by atoms with Crippen LogP contribution in [0.5, 0.6) is 0 Å². The lowest BCUT2D eigenvalue weighted by atomic mass is 9.66. The van der Waals surface area contributed by atoms with Gasteiger partial charge in [-0.1, -0.05) is 5.92 Å². The Morgan fingerprint density at radius 1 is 1.59 bits per heavy atom. The lowest BCUT2D eigenvalue weighted by molar-refractivity contribution is -0.135. The summed E-state index contributed by atoms with van der Waals surface area (Å²) in [4.78, 5) is 14.0. The first-order valence-electron chi connectivity index (χ1n) is 6.07. The summed E-state index contributed by atoms with van der Waals surface area (Å²) >= 11 is 0. The molecule has 0 radical (unpaired) electrons. The molecule has 0 bridgehead atoms. The number of hydrogen-bond acceptors (Lipinski definition) is 2. The maximum atomic E-state index is 12.0. The predicted molar refractivity (Wildman–Crippen MR) is 62.9 cm³/mol. The van der Waals surface area contributed by atoms with E-state index in [-0.39, 0.29) is 11.4 Å². The minimum atomic E-state index is -0.190. The molecule has 88 valence electrons. The summed E-state index contributed by atoms with van der Waals surface area (Å²) in [5, 5.41) is 0. The van der Waals surface area contributed by atoms with E-state index in [0.29, 0.717) is 5.92 Å². The molecule has 17 heavy (non-hydrogen) atoms. The number of fused-ring (bicyclic) bond motifs is 1. The minimum absolute atomic E-state index is 0.0638. The second-order valence-corrected chi connectivity index (χ2v) is 4.76. The first kappa shape index (κ1) is 10.5. The van der Waals surface area contributed by atoms with E-state index in [4.69, 9.17) is 4.42 Å². The van der Waals surface area contributed by atoms with Crippen molar-refractivity contribution in [2.75, 3.05) is 6.54 Å². The van der Waals surface area contributed by atoms with Crippen LogP contribution in [0, 0.1) is 17.8 Å². The third kappa shape index (κ3) is 1.27. The van der Waals surface area contributed by atoms with Gasteiger partial charge in [0.2, 0.25) is 0 Å². The molecule has 1 aromatic rings. The largest absolute Gasteiger partial charge is 0.467 e. The normalized spacial score (nSPS) is 30.2. The zero-order chi connectivity index (χ0) is 11.9. The Hall–Kier alpha value is -1.69. The van der Waals surface area contributed by atoms with Crippen molar-refractivity contribution in [3.05, 3.63) is 24.2 Å². The van der Waals surface area contributed by atoms with E-state index in [0.717, 1.165) is 25.1 Å². The van der Waals surface area contributed by atoms with E-state index < -0.39 is 0 Å². The number of furan rings is 1. The van der Waals surface area contributed by atoms with Crippen molar-refractivity contribution in [2.24, 2.45) is 5.92 Å². The number of likely N-dealkylation sites (tertiary alicyclic amines) is 1. The van der Waals surface area contributed by atoms with Crippen molar-refractivity contribution in [1.82, 2.24) is 4.90 Å². The molecule has 3 nitrogen and oxygen atoms in total. The fourth-order valence-electron chi connectivity index (χ4n) is 3.28. The van der Waals surface area contributed by atoms with Crippen molar-refractivity contribution in [3.63, 3.8) is 0 Å². The second kappa shape index (κ2) is 3.66. The van der Waals surface area contributed by atoms with Crippen molar-refractivity contribution >= 4 is 5.91 Å². The van der Waals surface area contributed by atoms with E-state index in [1.165, 1.54) is 6.42 Å². The van der Waals surface area contributed by atoms with Gasteiger partial charge in [-0.15, -0.1) is 0 Å². The molecule has 1 saturated carbocycles. The summed E-state index contributed by atoms with van der Waals surface area (Å²) in [5.74, 6) is 6.77. The van der Waals surface area contributed by atoms with Gasteiger partial charge < -0.3 is 9.32 Å². The van der Waals surface area contributed by atoms with Crippen LogP contribution in [0.2, 0.25) is 0 Å². The van der Waals surface area contributed by atoms with Crippen LogP contribution >= 0.6 is 0 Å². The molecule has 0 spiro atoms. The molecular formula is C14H15NO2. The van der Waals surface area contributed by atoms with Gasteiger partial charge in [0.1, 0.15) is 11.3 Å². The highest BCUT2D eigenvalue weighted by molar-refractivity contribution is 5.94. The van der Waals surface area contributed by atoms with Gasteiger partial charge in [0.15, 0.2) is 0 Å². The van der Waals surface area contributed by atoms with Crippen LogP contribution in [-0.4, -0.2) is 17.4 Å². The molecule has 0 unspecified atom stereocenters. The smallest absolute Gasteiger partial charge is 0.299 e. The highest BCUT2D eigenvalue weighted by Gasteiger charge is 2.59. The van der Waals surface area contributed by atoms with Crippen LogP contribution in [0.3, 0.4) is 0 Å². The number of carbonyl (C=O) groups excluding carboxylic acids is 1. The molecule has 0 aromatic carbocycles. The van der Waals surface area contributed by atoms with Crippen LogP contribution in [0.25, 0.3) is 0 Å². The maximum Gasteiger partial charge on any atom is 0.299 e. The predicted octanol–water partition coefficient (Wildman–Crippen LogP) is 2.14. The third-order valence-corrected chi connectivity index (χ3v) is 4.16. The molecule has 1 aromatic heterocycles. The van der Waals surface area contributed by atoms with Crippen molar-refractivity contribution in [1.29, 1.82) is 0 Å². The number of hydrogen-bond donors (Lipinski definition) is 0. The van der Waals surface area contributed by atoms with Crippen LogP contribution in [0.4, 0.5) is 0 Å². The molecule has 3 heteroatoms. The van der Waals surface area contributed by atoms with Gasteiger partial charge >= 0.3 is 0 Å². The van der Waals surface area contributed by atoms with Gasteiger partial charge in [-0.05, 0) is 50.2 Å². The maximum absolute atomic E-state index is 12.0. The minimum Gasteiger partial charge on any atom is -0.467 e. The summed E-state index contributed by atoms with van der Waals surface area (Å²) in [6.07, 6.45) is 4.94. The highest BCUT2D eigenvalue weighted by atomic mass is 16.3. The Morgan fingerprint density at radius 2 is 2.47 bits per heavy atom. The van der Waals surface area contributed by atoms with Crippen molar-refractivity contribution in [2.45, 2.75) is 31.7 Å². The van der Waals surface area contributed by atoms with Gasteiger partial charge in [0, 0.05) is 6.54 Å². The van der Waals surface area contributed by atoms with E-state index in [9.17, 15) is 4.79 Å². The highest BCUT2D eigenvalue weighted by Crippen LogP contribution is 2.56. The second-order valence-electron chi connectivity index (χ2n) is 4.76. The van der Waals surface area contributed by atoms with Gasteiger partial charge in [0.05, 0.1) is 6.26 Å². The monoisotopic (exact) mass is 229 g/mol. The molecule has 2 heterocycles. The average molecular weight is 229 g/mol. The number of carbonyl (C=O) groups is 1. The van der Waals surface area contributed by atoms with E-state index in [2.05, 4.69) is 11.8 Å². The lowest BCUT2D eigenvalue weighted by Gasteiger charge is -2.47. The molecule has 2 aliphatic rings. The van der Waals surface area contributed by atoms with Gasteiger partial charge in [-0.3, -0.25) is 4.79 Å². The summed E-state index contributed by atoms with van der Waals surface area (Å²) in [6, 6.07) is 3.88. The average Bonchev–Trinajstić information content (AvgIpc) is 2.87. The Balaban J connectivity index is 1.99. The Morgan fingerprint density at radius 3 is 3.06 bits per heavy atom. The third-order valence-electron chi connectivity index (χ3n) is 4.16. The van der Waals surface area contributed by atoms with Crippen LogP contribution in [0.15, 0.2) is 22.8 Å². The van der Waals surface area contributed by atoms with Crippen molar-refractivity contribution < 1.29 is 9.21 Å². The summed E-state index contributed by atoms with van der Waals surface area (Å²) in [6.45, 7) is 2.50. The van der Waals surface area contributed by atoms with Crippen LogP contribution in [0.1, 0.15) is 31.9 Å². The first-order valence-corrected chi connectivity index (χ1v) is 6.07. The lowest BCUT2D eigenvalue weighted by Crippen LogP contribution is -2.53. The summed E-state index contributed by atoms with van der Waals surface area (Å²) in [5.41, 5.74) is -0.190. The summed E-state index contributed by atoms with van der Waals surface area (Å²) < 4.78 is 5.56. The van der Waals surface area contributed by atoms with E-state index >= 15 is 0 Å². The van der Waals surface area contributed by atoms with Gasteiger partial charge in [-0.25, -0.2) is 0 Å². The number of amides is 1. The Labute approximate surface area is 101 Å². The number of rotatable bonds is 1. The van der Waals surface area contributed by atoms with E-state index in [1.54, 1.807) is 13.2 Å². The molecule has 2 fully saturated rings. The van der Waals surface area contributed by atoms with Gasteiger partial charge in [-0.2, -0.15) is 0 Å². The fourth-order valence-corrected chi connectivity index (χ4v) is 3.28. The standard InChI is InChI=1S/C14H15NO2/c1-2-4-13(16)15-9-7-11-6-8-14(11,15)12-5-3-10-17-12/h3,5,10-11H,6-9H2,1H3/t11-,14-/m0/s1. The van der Waals surface area contributed by atoms with E-state index in [1.807, 2.05) is 17.0 Å². The Bertz CT molecular complexity index is 494.